The van der Waals surface area contributed by atoms with Crippen LogP contribution in [0.15, 0.2) is 41.4 Å². The number of amides is 1. The van der Waals surface area contributed by atoms with Gasteiger partial charge in [0.1, 0.15) is 5.82 Å². The van der Waals surface area contributed by atoms with Crippen LogP contribution in [0.1, 0.15) is 5.69 Å². The van der Waals surface area contributed by atoms with Gasteiger partial charge in [-0.2, -0.15) is 0 Å². The van der Waals surface area contributed by atoms with Gasteiger partial charge in [-0.15, -0.1) is 0 Å². The van der Waals surface area contributed by atoms with Crippen molar-refractivity contribution in [3.05, 3.63) is 48.0 Å². The van der Waals surface area contributed by atoms with Crippen LogP contribution in [0.3, 0.4) is 0 Å². The zero-order valence-corrected chi connectivity index (χ0v) is 14.3. The number of hydrogen-bond donors (Lipinski definition) is 3. The van der Waals surface area contributed by atoms with E-state index < -0.39 is 21.9 Å². The number of aliphatic hydroxyl groups is 1. The molecule has 8 nitrogen and oxygen atoms in total. The van der Waals surface area contributed by atoms with Crippen LogP contribution >= 0.6 is 0 Å². The van der Waals surface area contributed by atoms with Crippen molar-refractivity contribution in [1.82, 2.24) is 4.98 Å². The summed E-state index contributed by atoms with van der Waals surface area (Å²) < 4.78 is 40.2. The fourth-order valence-electron chi connectivity index (χ4n) is 2.80. The molecular formula is C16H16FN3O5S. The van der Waals surface area contributed by atoms with Crippen LogP contribution in [0.4, 0.5) is 20.6 Å². The highest BCUT2D eigenvalue weighted by atomic mass is 32.2. The number of hydrogen-bond acceptors (Lipinski definition) is 5. The normalized spacial score (nSPS) is 16.8. The number of aromatic nitrogens is 1. The van der Waals surface area contributed by atoms with E-state index in [1.54, 1.807) is 0 Å². The third-order valence-electron chi connectivity index (χ3n) is 4.03. The summed E-state index contributed by atoms with van der Waals surface area (Å²) in [6.07, 6.45) is 0.341. The van der Waals surface area contributed by atoms with Crippen LogP contribution in [0, 0.1) is 11.7 Å². The molecule has 26 heavy (non-hydrogen) atoms. The number of benzene rings is 1. The Morgan fingerprint density at radius 3 is 2.65 bits per heavy atom. The number of sulfonamides is 1. The summed E-state index contributed by atoms with van der Waals surface area (Å²) in [4.78, 5) is 14.9. The van der Waals surface area contributed by atoms with Crippen LogP contribution < -0.4 is 9.62 Å². The summed E-state index contributed by atoms with van der Waals surface area (Å²) in [7, 11) is -4.04. The molecule has 0 radical (unpaired) electrons. The third kappa shape index (κ3) is 3.46. The zero-order valence-electron chi connectivity index (χ0n) is 13.5. The molecule has 2 heterocycles. The van der Waals surface area contributed by atoms with Gasteiger partial charge in [0.05, 0.1) is 28.2 Å². The third-order valence-corrected chi connectivity index (χ3v) is 5.83. The lowest BCUT2D eigenvalue weighted by molar-refractivity contribution is 0.209. The van der Waals surface area contributed by atoms with Gasteiger partial charge >= 0.3 is 6.09 Å². The lowest BCUT2D eigenvalue weighted by atomic mass is 9.98. The number of rotatable bonds is 4. The topological polar surface area (TPSA) is 120 Å². The predicted molar refractivity (Wildman–Crippen MR) is 91.1 cm³/mol. The molecule has 0 aliphatic carbocycles. The zero-order chi connectivity index (χ0) is 18.9. The first kappa shape index (κ1) is 18.1. The molecule has 1 unspecified atom stereocenters. The van der Waals surface area contributed by atoms with Gasteiger partial charge in [0.15, 0.2) is 0 Å². The molecule has 138 valence electrons. The largest absolute Gasteiger partial charge is 0.465 e. The van der Waals surface area contributed by atoms with Crippen molar-refractivity contribution in [2.75, 3.05) is 22.8 Å². The molecule has 0 saturated heterocycles. The average Bonchev–Trinajstić information content (AvgIpc) is 2.60. The molecule has 1 aliphatic heterocycles. The van der Waals surface area contributed by atoms with Crippen molar-refractivity contribution >= 4 is 27.5 Å². The minimum Gasteiger partial charge on any atom is -0.465 e. The standard InChI is InChI=1S/C16H16FN3O5S/c17-11-1-3-13(4-2-11)26(24,25)20-8-10(9-21)5-14-15(20)6-12(7-18-14)19-16(22)23/h1-4,6-7,10,19,21H,5,8-9H2,(H,22,23). The Labute approximate surface area is 149 Å². The molecule has 0 fully saturated rings. The summed E-state index contributed by atoms with van der Waals surface area (Å²) in [5.41, 5.74) is 0.778. The molecule has 10 heteroatoms. The summed E-state index contributed by atoms with van der Waals surface area (Å²) in [6.45, 7) is -0.229. The summed E-state index contributed by atoms with van der Waals surface area (Å²) in [6, 6.07) is 5.77. The van der Waals surface area contributed by atoms with Gasteiger partial charge in [-0.25, -0.2) is 17.6 Å². The van der Waals surface area contributed by atoms with E-state index in [9.17, 15) is 22.7 Å². The maximum atomic E-state index is 13.1. The van der Waals surface area contributed by atoms with Crippen molar-refractivity contribution in [3.63, 3.8) is 0 Å². The molecule has 1 aromatic carbocycles. The minimum absolute atomic E-state index is 0.00140. The second-order valence-corrected chi connectivity index (χ2v) is 7.73. The van der Waals surface area contributed by atoms with Gasteiger partial charge in [0.2, 0.25) is 0 Å². The predicted octanol–water partition coefficient (Wildman–Crippen LogP) is 1.67. The summed E-state index contributed by atoms with van der Waals surface area (Å²) in [5.74, 6) is -0.922. The molecule has 3 N–H and O–H groups in total. The first-order chi connectivity index (χ1) is 12.3. The Balaban J connectivity index is 2.08. The van der Waals surface area contributed by atoms with E-state index in [2.05, 4.69) is 10.3 Å². The number of carboxylic acid groups (broad SMARTS) is 1. The highest BCUT2D eigenvalue weighted by Crippen LogP contribution is 2.34. The second-order valence-electron chi connectivity index (χ2n) is 5.86. The van der Waals surface area contributed by atoms with Crippen LogP contribution in [-0.2, 0) is 16.4 Å². The summed E-state index contributed by atoms with van der Waals surface area (Å²) in [5, 5.41) is 20.5. The number of anilines is 2. The monoisotopic (exact) mass is 381 g/mol. The molecule has 1 aliphatic rings. The van der Waals surface area contributed by atoms with Gasteiger partial charge in [0, 0.05) is 19.1 Å². The summed E-state index contributed by atoms with van der Waals surface area (Å²) >= 11 is 0. The van der Waals surface area contributed by atoms with Gasteiger partial charge < -0.3 is 10.2 Å². The maximum absolute atomic E-state index is 13.1. The molecule has 3 rings (SSSR count). The van der Waals surface area contributed by atoms with Crippen molar-refractivity contribution < 1.29 is 27.8 Å². The second kappa shape index (κ2) is 6.89. The fourth-order valence-corrected chi connectivity index (χ4v) is 4.36. The Hall–Kier alpha value is -2.72. The van der Waals surface area contributed by atoms with Crippen LogP contribution in [0.2, 0.25) is 0 Å². The van der Waals surface area contributed by atoms with Gasteiger partial charge in [-0.05, 0) is 36.8 Å². The number of nitrogens with zero attached hydrogens (tertiary/aromatic N) is 2. The molecular weight excluding hydrogens is 365 g/mol. The number of pyridine rings is 1. The Morgan fingerprint density at radius 2 is 2.04 bits per heavy atom. The lowest BCUT2D eigenvalue weighted by Gasteiger charge is -2.34. The smallest absolute Gasteiger partial charge is 0.409 e. The Bertz CT molecular complexity index is 933. The van der Waals surface area contributed by atoms with Crippen molar-refractivity contribution in [1.29, 1.82) is 0 Å². The Kier molecular flexibility index (Phi) is 4.79. The highest BCUT2D eigenvalue weighted by Gasteiger charge is 2.34. The SMILES string of the molecule is O=C(O)Nc1cnc2c(c1)N(S(=O)(=O)c1ccc(F)cc1)CC(CO)C2. The van der Waals surface area contributed by atoms with E-state index in [-0.39, 0.29) is 35.3 Å². The quantitative estimate of drug-likeness (QED) is 0.741. The molecule has 0 saturated carbocycles. The van der Waals surface area contributed by atoms with Gasteiger partial charge in [0.25, 0.3) is 10.0 Å². The number of aliphatic hydroxyl groups excluding tert-OH is 1. The van der Waals surface area contributed by atoms with Crippen molar-refractivity contribution in [3.8, 4) is 0 Å². The van der Waals surface area contributed by atoms with E-state index in [1.165, 1.54) is 12.3 Å². The molecule has 0 bridgehead atoms. The molecule has 1 amide bonds. The van der Waals surface area contributed by atoms with E-state index in [1.807, 2.05) is 0 Å². The first-order valence-electron chi connectivity index (χ1n) is 7.69. The number of halogens is 1. The highest BCUT2D eigenvalue weighted by molar-refractivity contribution is 7.92. The average molecular weight is 381 g/mol. The molecule has 1 aromatic heterocycles. The molecule has 1 atom stereocenters. The van der Waals surface area contributed by atoms with Crippen LogP contribution in [-0.4, -0.2) is 42.9 Å². The maximum Gasteiger partial charge on any atom is 0.409 e. The van der Waals surface area contributed by atoms with Crippen molar-refractivity contribution in [2.45, 2.75) is 11.3 Å². The number of fused-ring (bicyclic) bond motifs is 1. The molecule has 0 spiro atoms. The number of nitrogens with one attached hydrogen (secondary N) is 1. The van der Waals surface area contributed by atoms with E-state index in [0.717, 1.165) is 28.6 Å². The lowest BCUT2D eigenvalue weighted by Crippen LogP contribution is -2.41. The van der Waals surface area contributed by atoms with Crippen molar-refractivity contribution in [2.24, 2.45) is 5.92 Å². The fraction of sp³-hybridized carbons (Fsp3) is 0.250. The van der Waals surface area contributed by atoms with Gasteiger partial charge in [-0.1, -0.05) is 0 Å². The number of carbonyl (C=O) groups is 1. The van der Waals surface area contributed by atoms with Gasteiger partial charge in [-0.3, -0.25) is 14.6 Å². The minimum atomic E-state index is -4.04. The van der Waals surface area contributed by atoms with Crippen LogP contribution in [0.25, 0.3) is 0 Å². The van der Waals surface area contributed by atoms with E-state index in [4.69, 9.17) is 5.11 Å². The first-order valence-corrected chi connectivity index (χ1v) is 9.13. The van der Waals surface area contributed by atoms with E-state index >= 15 is 0 Å². The Morgan fingerprint density at radius 1 is 1.35 bits per heavy atom. The van der Waals surface area contributed by atoms with E-state index in [0.29, 0.717) is 12.1 Å². The van der Waals surface area contributed by atoms with Crippen LogP contribution in [0.5, 0.6) is 0 Å². The molecule has 2 aromatic rings.